The van der Waals surface area contributed by atoms with Gasteiger partial charge in [-0.2, -0.15) is 8.42 Å². The second kappa shape index (κ2) is 13.1. The third-order valence-electron chi connectivity index (χ3n) is 5.71. The zero-order chi connectivity index (χ0) is 27.6. The fourth-order valence-electron chi connectivity index (χ4n) is 3.69. The van der Waals surface area contributed by atoms with E-state index in [1.165, 1.54) is 12.3 Å². The number of hydrogen-bond acceptors (Lipinski definition) is 7. The van der Waals surface area contributed by atoms with Gasteiger partial charge in [0, 0.05) is 49.3 Å². The molecule has 3 aromatic rings. The first-order chi connectivity index (χ1) is 18.0. The van der Waals surface area contributed by atoms with Gasteiger partial charge < -0.3 is 14.3 Å². The predicted octanol–water partition coefficient (Wildman–Crippen LogP) is 2.14. The summed E-state index contributed by atoms with van der Waals surface area (Å²) in [7, 11) is 0.150. The first-order valence-electron chi connectivity index (χ1n) is 12.1. The van der Waals surface area contributed by atoms with Crippen LogP contribution < -0.4 is 4.74 Å². The summed E-state index contributed by atoms with van der Waals surface area (Å²) >= 11 is 0. The van der Waals surface area contributed by atoms with Gasteiger partial charge in [-0.1, -0.05) is 17.1 Å². The second-order valence-corrected chi connectivity index (χ2v) is 11.0. The fraction of sp³-hybridized carbons (Fsp3) is 0.385. The molecule has 2 heterocycles. The van der Waals surface area contributed by atoms with Gasteiger partial charge in [0.2, 0.25) is 0 Å². The molecule has 11 nitrogen and oxygen atoms in total. The first-order valence-corrected chi connectivity index (χ1v) is 13.7. The number of aromatic nitrogens is 4. The van der Waals surface area contributed by atoms with Crippen molar-refractivity contribution in [3.63, 3.8) is 0 Å². The average Bonchev–Trinajstić information content (AvgIpc) is 3.30. The van der Waals surface area contributed by atoms with Gasteiger partial charge in [0.25, 0.3) is 10.1 Å². The smallest absolute Gasteiger partial charge is 0.354 e. The molecular formula is C26H32N5O6S+. The Morgan fingerprint density at radius 3 is 2.50 bits per heavy atom. The quantitative estimate of drug-likeness (QED) is 0.188. The Bertz CT molecular complexity index is 1390. The molecule has 3 rings (SSSR count). The number of carboxylic acids is 1. The number of rotatable bonds is 13. The minimum atomic E-state index is -3.92. The monoisotopic (exact) mass is 542 g/mol. The van der Waals surface area contributed by atoms with E-state index >= 15 is 0 Å². The van der Waals surface area contributed by atoms with Gasteiger partial charge in [-0.3, -0.25) is 9.23 Å². The SMILES string of the molecule is C[N+](C)(CCCn1cc(CCOc2ccc(C#Cc3ccnc(C(=O)O)c3)cc2)nn1)CCCS(=O)(=O)O. The summed E-state index contributed by atoms with van der Waals surface area (Å²) in [6.07, 6.45) is 5.19. The molecule has 2 aromatic heterocycles. The third kappa shape index (κ3) is 10.3. The summed E-state index contributed by atoms with van der Waals surface area (Å²) in [6.45, 7) is 2.64. The van der Waals surface area contributed by atoms with E-state index < -0.39 is 16.1 Å². The molecule has 38 heavy (non-hydrogen) atoms. The molecular weight excluding hydrogens is 510 g/mol. The third-order valence-corrected chi connectivity index (χ3v) is 6.52. The lowest BCUT2D eigenvalue weighted by Crippen LogP contribution is -2.42. The molecule has 0 saturated carbocycles. The van der Waals surface area contributed by atoms with Crippen LogP contribution in [0.2, 0.25) is 0 Å². The van der Waals surface area contributed by atoms with E-state index in [1.54, 1.807) is 10.7 Å². The highest BCUT2D eigenvalue weighted by atomic mass is 32.2. The van der Waals surface area contributed by atoms with E-state index in [4.69, 9.17) is 14.4 Å². The molecule has 2 N–H and O–H groups in total. The van der Waals surface area contributed by atoms with E-state index in [9.17, 15) is 13.2 Å². The molecule has 0 bridgehead atoms. The molecule has 202 valence electrons. The van der Waals surface area contributed by atoms with Crippen LogP contribution in [0.5, 0.6) is 5.75 Å². The Hall–Kier alpha value is -3.79. The minimum absolute atomic E-state index is 0.0460. The number of carbonyl (C=O) groups is 1. The van der Waals surface area contributed by atoms with Crippen LogP contribution in [0.15, 0.2) is 48.8 Å². The number of benzene rings is 1. The van der Waals surface area contributed by atoms with E-state index in [-0.39, 0.29) is 11.4 Å². The van der Waals surface area contributed by atoms with Gasteiger partial charge in [0.05, 0.1) is 45.2 Å². The summed E-state index contributed by atoms with van der Waals surface area (Å²) in [5, 5.41) is 17.4. The van der Waals surface area contributed by atoms with Crippen molar-refractivity contribution in [2.24, 2.45) is 0 Å². The number of nitrogens with zero attached hydrogens (tertiary/aromatic N) is 5. The Morgan fingerprint density at radius 2 is 1.79 bits per heavy atom. The van der Waals surface area contributed by atoms with Crippen molar-refractivity contribution in [3.8, 4) is 17.6 Å². The number of ether oxygens (including phenoxy) is 1. The highest BCUT2D eigenvalue weighted by Gasteiger charge is 2.16. The number of quaternary nitrogens is 1. The van der Waals surface area contributed by atoms with Crippen LogP contribution in [-0.4, -0.2) is 88.1 Å². The van der Waals surface area contributed by atoms with Crippen molar-refractivity contribution in [1.82, 2.24) is 20.0 Å². The number of pyridine rings is 1. The topological polar surface area (TPSA) is 144 Å². The van der Waals surface area contributed by atoms with Crippen LogP contribution in [0.25, 0.3) is 0 Å². The van der Waals surface area contributed by atoms with Crippen molar-refractivity contribution in [2.75, 3.05) is 39.5 Å². The Morgan fingerprint density at radius 1 is 1.08 bits per heavy atom. The van der Waals surface area contributed by atoms with Gasteiger partial charge in [-0.05, 0) is 36.4 Å². The van der Waals surface area contributed by atoms with Crippen LogP contribution in [-0.2, 0) is 23.1 Å². The Labute approximate surface area is 222 Å². The number of hydrogen-bond donors (Lipinski definition) is 2. The lowest BCUT2D eigenvalue weighted by molar-refractivity contribution is -0.890. The zero-order valence-corrected chi connectivity index (χ0v) is 22.3. The maximum atomic E-state index is 11.0. The van der Waals surface area contributed by atoms with Gasteiger partial charge in [-0.15, -0.1) is 5.10 Å². The number of aromatic carboxylic acids is 1. The second-order valence-electron chi connectivity index (χ2n) is 9.46. The van der Waals surface area contributed by atoms with Crippen molar-refractivity contribution in [1.29, 1.82) is 0 Å². The Kier molecular flexibility index (Phi) is 9.95. The van der Waals surface area contributed by atoms with Crippen molar-refractivity contribution in [3.05, 3.63) is 71.3 Å². The van der Waals surface area contributed by atoms with E-state index in [2.05, 4.69) is 27.1 Å². The van der Waals surface area contributed by atoms with E-state index in [0.29, 0.717) is 48.3 Å². The lowest BCUT2D eigenvalue weighted by atomic mass is 10.2. The first kappa shape index (κ1) is 28.8. The highest BCUT2D eigenvalue weighted by molar-refractivity contribution is 7.85. The average molecular weight is 543 g/mol. The lowest BCUT2D eigenvalue weighted by Gasteiger charge is -2.29. The van der Waals surface area contributed by atoms with Crippen LogP contribution >= 0.6 is 0 Å². The standard InChI is InChI=1S/C26H31N5O6S/c1-31(2,16-4-18-38(34,35)36)15-3-14-30-20-23(28-29-30)12-17-37-24-9-7-21(8-10-24)5-6-22-11-13-27-25(19-22)26(32)33/h7-11,13,19-20H,3-4,12,14-18H2,1-2H3,(H-,32,33,34,35,36)/p+1. The van der Waals surface area contributed by atoms with Crippen molar-refractivity contribution in [2.45, 2.75) is 25.8 Å². The van der Waals surface area contributed by atoms with Crippen LogP contribution in [0, 0.1) is 11.8 Å². The largest absolute Gasteiger partial charge is 0.493 e. The van der Waals surface area contributed by atoms with E-state index in [1.807, 2.05) is 44.6 Å². The molecule has 0 aliphatic carbocycles. The van der Waals surface area contributed by atoms with Crippen molar-refractivity contribution >= 4 is 16.1 Å². The Balaban J connectivity index is 1.39. The molecule has 0 unspecified atom stereocenters. The van der Waals surface area contributed by atoms with Gasteiger partial charge >= 0.3 is 5.97 Å². The highest BCUT2D eigenvalue weighted by Crippen LogP contribution is 2.12. The fourth-order valence-corrected chi connectivity index (χ4v) is 4.18. The predicted molar refractivity (Wildman–Crippen MR) is 140 cm³/mol. The van der Waals surface area contributed by atoms with Crippen LogP contribution in [0.4, 0.5) is 0 Å². The zero-order valence-electron chi connectivity index (χ0n) is 21.4. The molecule has 0 amide bonds. The maximum Gasteiger partial charge on any atom is 0.354 e. The molecule has 0 atom stereocenters. The van der Waals surface area contributed by atoms with Gasteiger partial charge in [-0.25, -0.2) is 9.78 Å². The molecule has 12 heteroatoms. The van der Waals surface area contributed by atoms with Crippen LogP contribution in [0.1, 0.15) is 40.2 Å². The van der Waals surface area contributed by atoms with Crippen molar-refractivity contribution < 1.29 is 32.1 Å². The maximum absolute atomic E-state index is 11.0. The molecule has 0 aliphatic heterocycles. The molecule has 0 fully saturated rings. The summed E-state index contributed by atoms with van der Waals surface area (Å²) < 4.78 is 38.9. The van der Waals surface area contributed by atoms with E-state index in [0.717, 1.165) is 24.2 Å². The summed E-state index contributed by atoms with van der Waals surface area (Å²) in [5.74, 6) is 5.33. The number of carboxylic acid groups (broad SMARTS) is 1. The normalized spacial score (nSPS) is 11.6. The van der Waals surface area contributed by atoms with Crippen LogP contribution in [0.3, 0.4) is 0 Å². The molecule has 0 radical (unpaired) electrons. The summed E-state index contributed by atoms with van der Waals surface area (Å²) in [5.41, 5.74) is 2.13. The summed E-state index contributed by atoms with van der Waals surface area (Å²) in [4.78, 5) is 14.8. The number of aryl methyl sites for hydroxylation is 1. The molecule has 0 aliphatic rings. The molecule has 1 aromatic carbocycles. The minimum Gasteiger partial charge on any atom is -0.493 e. The summed E-state index contributed by atoms with van der Waals surface area (Å²) in [6, 6.07) is 10.4. The molecule has 0 saturated heterocycles. The van der Waals surface area contributed by atoms with Gasteiger partial charge in [0.15, 0.2) is 0 Å². The molecule has 0 spiro atoms. The van der Waals surface area contributed by atoms with Gasteiger partial charge in [0.1, 0.15) is 11.4 Å².